The SMILES string of the molecule is COC(=O)c1cc(C(=O)OC)c(C(=O)O)cc1C(=O)O. The molecule has 0 saturated heterocycles. The maximum Gasteiger partial charge on any atom is 0.338 e. The van der Waals surface area contributed by atoms with Crippen molar-refractivity contribution in [1.82, 2.24) is 0 Å². The Labute approximate surface area is 112 Å². The Kier molecular flexibility index (Phi) is 4.42. The molecular weight excluding hydrogens is 272 g/mol. The first-order valence-electron chi connectivity index (χ1n) is 5.14. The molecule has 1 aromatic rings. The molecule has 0 spiro atoms. The van der Waals surface area contributed by atoms with Crippen LogP contribution in [0.5, 0.6) is 0 Å². The van der Waals surface area contributed by atoms with E-state index in [9.17, 15) is 19.2 Å². The molecule has 8 heteroatoms. The van der Waals surface area contributed by atoms with Crippen molar-refractivity contribution in [2.75, 3.05) is 14.2 Å². The van der Waals surface area contributed by atoms with Gasteiger partial charge in [0.15, 0.2) is 0 Å². The highest BCUT2D eigenvalue weighted by Gasteiger charge is 2.26. The fraction of sp³-hybridized carbons (Fsp3) is 0.167. The average Bonchev–Trinajstić information content (AvgIpc) is 2.43. The van der Waals surface area contributed by atoms with E-state index in [1.165, 1.54) is 0 Å². The Morgan fingerprint density at radius 3 is 1.30 bits per heavy atom. The molecule has 0 aliphatic rings. The zero-order valence-corrected chi connectivity index (χ0v) is 10.5. The topological polar surface area (TPSA) is 127 Å². The number of rotatable bonds is 4. The lowest BCUT2D eigenvalue weighted by molar-refractivity contribution is 0.0571. The molecule has 0 saturated carbocycles. The van der Waals surface area contributed by atoms with Crippen LogP contribution in [-0.4, -0.2) is 48.3 Å². The lowest BCUT2D eigenvalue weighted by Crippen LogP contribution is -2.17. The molecule has 0 aliphatic carbocycles. The fourth-order valence-electron chi connectivity index (χ4n) is 1.51. The molecule has 20 heavy (non-hydrogen) atoms. The zero-order valence-electron chi connectivity index (χ0n) is 10.5. The van der Waals surface area contributed by atoms with E-state index in [4.69, 9.17) is 10.2 Å². The van der Waals surface area contributed by atoms with Crippen molar-refractivity contribution in [2.45, 2.75) is 0 Å². The van der Waals surface area contributed by atoms with Crippen molar-refractivity contribution in [3.8, 4) is 0 Å². The molecule has 0 aliphatic heterocycles. The van der Waals surface area contributed by atoms with Crippen LogP contribution in [0.1, 0.15) is 41.4 Å². The smallest absolute Gasteiger partial charge is 0.338 e. The second-order valence-corrected chi connectivity index (χ2v) is 3.54. The van der Waals surface area contributed by atoms with Crippen LogP contribution in [0, 0.1) is 0 Å². The maximum atomic E-state index is 11.5. The number of methoxy groups -OCH3 is 2. The van der Waals surface area contributed by atoms with Crippen LogP contribution in [0.4, 0.5) is 0 Å². The Morgan fingerprint density at radius 1 is 0.750 bits per heavy atom. The van der Waals surface area contributed by atoms with Crippen LogP contribution in [0.2, 0.25) is 0 Å². The summed E-state index contributed by atoms with van der Waals surface area (Å²) in [5, 5.41) is 18.0. The van der Waals surface area contributed by atoms with Gasteiger partial charge >= 0.3 is 23.9 Å². The van der Waals surface area contributed by atoms with Gasteiger partial charge in [-0.3, -0.25) is 0 Å². The summed E-state index contributed by atoms with van der Waals surface area (Å²) in [6.45, 7) is 0. The van der Waals surface area contributed by atoms with Gasteiger partial charge < -0.3 is 19.7 Å². The second-order valence-electron chi connectivity index (χ2n) is 3.54. The summed E-state index contributed by atoms with van der Waals surface area (Å²) in [5.41, 5.74) is -2.04. The standard InChI is InChI=1S/C12H10O8/c1-19-11(17)7-4-8(12(18)20-2)6(10(15)16)3-5(7)9(13)14/h3-4H,1-2H3,(H,13,14)(H,15,16). The molecule has 0 amide bonds. The molecule has 0 bridgehead atoms. The molecule has 0 fully saturated rings. The van der Waals surface area contributed by atoms with E-state index in [1.54, 1.807) is 0 Å². The monoisotopic (exact) mass is 282 g/mol. The highest BCUT2D eigenvalue weighted by Crippen LogP contribution is 2.20. The molecule has 2 N–H and O–H groups in total. The van der Waals surface area contributed by atoms with E-state index in [0.717, 1.165) is 20.3 Å². The van der Waals surface area contributed by atoms with Crippen molar-refractivity contribution in [1.29, 1.82) is 0 Å². The molecule has 0 unspecified atom stereocenters. The number of carboxylic acid groups (broad SMARTS) is 2. The number of carbonyl (C=O) groups excluding carboxylic acids is 2. The minimum Gasteiger partial charge on any atom is -0.478 e. The van der Waals surface area contributed by atoms with E-state index in [0.29, 0.717) is 6.07 Å². The highest BCUT2D eigenvalue weighted by molar-refractivity contribution is 6.09. The third kappa shape index (κ3) is 2.74. The second kappa shape index (κ2) is 5.83. The number of hydrogen-bond donors (Lipinski definition) is 2. The van der Waals surface area contributed by atoms with Gasteiger partial charge in [-0.15, -0.1) is 0 Å². The molecule has 0 aromatic heterocycles. The first-order chi connectivity index (χ1) is 9.33. The van der Waals surface area contributed by atoms with Gasteiger partial charge in [0.25, 0.3) is 0 Å². The van der Waals surface area contributed by atoms with Gasteiger partial charge in [0.1, 0.15) is 0 Å². The van der Waals surface area contributed by atoms with Crippen LogP contribution in [0.15, 0.2) is 12.1 Å². The first kappa shape index (κ1) is 15.2. The Hall–Kier alpha value is -2.90. The summed E-state index contributed by atoms with van der Waals surface area (Å²) in [5.74, 6) is -5.07. The minimum atomic E-state index is -1.52. The molecule has 0 radical (unpaired) electrons. The third-order valence-corrected chi connectivity index (χ3v) is 2.43. The lowest BCUT2D eigenvalue weighted by atomic mass is 9.98. The predicted octanol–water partition coefficient (Wildman–Crippen LogP) is 0.656. The van der Waals surface area contributed by atoms with Gasteiger partial charge in [0.2, 0.25) is 0 Å². The number of hydrogen-bond acceptors (Lipinski definition) is 6. The number of esters is 2. The summed E-state index contributed by atoms with van der Waals surface area (Å²) in [4.78, 5) is 45.1. The molecule has 1 rings (SSSR count). The summed E-state index contributed by atoms with van der Waals surface area (Å²) in [6, 6.07) is 1.54. The maximum absolute atomic E-state index is 11.5. The van der Waals surface area contributed by atoms with Gasteiger partial charge in [-0.05, 0) is 12.1 Å². The first-order valence-corrected chi connectivity index (χ1v) is 5.14. The van der Waals surface area contributed by atoms with E-state index < -0.39 is 46.1 Å². The van der Waals surface area contributed by atoms with Gasteiger partial charge in [0, 0.05) is 0 Å². The zero-order chi connectivity index (χ0) is 15.4. The molecule has 0 heterocycles. The van der Waals surface area contributed by atoms with Gasteiger partial charge in [0.05, 0.1) is 36.5 Å². The predicted molar refractivity (Wildman–Crippen MR) is 63.0 cm³/mol. The van der Waals surface area contributed by atoms with E-state index >= 15 is 0 Å². The average molecular weight is 282 g/mol. The number of aromatic carboxylic acids is 2. The summed E-state index contributed by atoms with van der Waals surface area (Å²) in [7, 11) is 2.05. The normalized spacial score (nSPS) is 9.70. The van der Waals surface area contributed by atoms with Crippen LogP contribution in [-0.2, 0) is 9.47 Å². The molecule has 0 atom stereocenters. The Morgan fingerprint density at radius 2 is 1.05 bits per heavy atom. The molecule has 1 aromatic carbocycles. The number of ether oxygens (including phenoxy) is 2. The molecule has 8 nitrogen and oxygen atoms in total. The number of carboxylic acids is 2. The van der Waals surface area contributed by atoms with E-state index in [2.05, 4.69) is 9.47 Å². The highest BCUT2D eigenvalue weighted by atomic mass is 16.5. The molecular formula is C12H10O8. The van der Waals surface area contributed by atoms with Crippen molar-refractivity contribution >= 4 is 23.9 Å². The molecule has 106 valence electrons. The Balaban J connectivity index is 3.68. The van der Waals surface area contributed by atoms with Crippen LogP contribution in [0.25, 0.3) is 0 Å². The number of benzene rings is 1. The van der Waals surface area contributed by atoms with Crippen molar-refractivity contribution in [3.63, 3.8) is 0 Å². The van der Waals surface area contributed by atoms with Crippen LogP contribution < -0.4 is 0 Å². The van der Waals surface area contributed by atoms with Gasteiger partial charge in [-0.1, -0.05) is 0 Å². The lowest BCUT2D eigenvalue weighted by Gasteiger charge is -2.09. The van der Waals surface area contributed by atoms with E-state index in [1.807, 2.05) is 0 Å². The quantitative estimate of drug-likeness (QED) is 0.771. The van der Waals surface area contributed by atoms with Crippen LogP contribution in [0.3, 0.4) is 0 Å². The Bertz CT molecular complexity index is 552. The largest absolute Gasteiger partial charge is 0.478 e. The van der Waals surface area contributed by atoms with Crippen LogP contribution >= 0.6 is 0 Å². The van der Waals surface area contributed by atoms with Crippen molar-refractivity contribution in [2.24, 2.45) is 0 Å². The minimum absolute atomic E-state index is 0.439. The van der Waals surface area contributed by atoms with Crippen molar-refractivity contribution < 1.29 is 38.9 Å². The third-order valence-electron chi connectivity index (χ3n) is 2.43. The van der Waals surface area contributed by atoms with Gasteiger partial charge in [-0.2, -0.15) is 0 Å². The van der Waals surface area contributed by atoms with E-state index in [-0.39, 0.29) is 0 Å². The van der Waals surface area contributed by atoms with Crippen molar-refractivity contribution in [3.05, 3.63) is 34.4 Å². The summed E-state index contributed by atoms with van der Waals surface area (Å²) < 4.78 is 8.79. The fourth-order valence-corrected chi connectivity index (χ4v) is 1.51. The number of carbonyl (C=O) groups is 4. The summed E-state index contributed by atoms with van der Waals surface area (Å²) in [6.07, 6.45) is 0. The summed E-state index contributed by atoms with van der Waals surface area (Å²) >= 11 is 0. The van der Waals surface area contributed by atoms with Gasteiger partial charge in [-0.25, -0.2) is 19.2 Å².